The number of halogens is 1. The van der Waals surface area contributed by atoms with Crippen LogP contribution in [0.3, 0.4) is 0 Å². The number of carbonyl (C=O) groups excluding carboxylic acids is 1. The quantitative estimate of drug-likeness (QED) is 0.432. The molecule has 1 aliphatic heterocycles. The summed E-state index contributed by atoms with van der Waals surface area (Å²) < 4.78 is 28.4. The van der Waals surface area contributed by atoms with Crippen LogP contribution in [0.5, 0.6) is 5.75 Å². The van der Waals surface area contributed by atoms with Crippen LogP contribution in [0.15, 0.2) is 24.3 Å². The minimum Gasteiger partial charge on any atom is -0.493 e. The molecule has 2 rings (SSSR count). The molecule has 1 unspecified atom stereocenters. The lowest BCUT2D eigenvalue weighted by atomic mass is 10.1. The number of rotatable bonds is 7. The first-order valence-electron chi connectivity index (χ1n) is 6.36. The van der Waals surface area contributed by atoms with E-state index in [1.165, 1.54) is 12.1 Å². The standard InChI is InChI=1S/C14H17FO4/c1-2-17-13(16)14(10-19-14)7-4-8-18-12-6-3-5-11(15)9-12/h3,5-6,9H,2,4,7-8,10H2,1H3. The summed E-state index contributed by atoms with van der Waals surface area (Å²) in [5, 5.41) is 0. The van der Waals surface area contributed by atoms with Gasteiger partial charge < -0.3 is 14.2 Å². The molecule has 0 N–H and O–H groups in total. The fourth-order valence-corrected chi connectivity index (χ4v) is 1.82. The minimum absolute atomic E-state index is 0.305. The molecule has 1 aromatic rings. The Labute approximate surface area is 111 Å². The molecule has 1 aliphatic rings. The van der Waals surface area contributed by atoms with Gasteiger partial charge in [0.25, 0.3) is 0 Å². The summed E-state index contributed by atoms with van der Waals surface area (Å²) >= 11 is 0. The number of ether oxygens (including phenoxy) is 3. The van der Waals surface area contributed by atoms with Gasteiger partial charge in [0, 0.05) is 6.07 Å². The molecule has 0 aromatic heterocycles. The highest BCUT2D eigenvalue weighted by Gasteiger charge is 2.53. The summed E-state index contributed by atoms with van der Waals surface area (Å²) in [4.78, 5) is 11.6. The summed E-state index contributed by atoms with van der Waals surface area (Å²) in [6.07, 6.45) is 1.20. The van der Waals surface area contributed by atoms with E-state index in [1.807, 2.05) is 0 Å². The third kappa shape index (κ3) is 3.67. The van der Waals surface area contributed by atoms with E-state index in [2.05, 4.69) is 0 Å². The number of hydrogen-bond donors (Lipinski definition) is 0. The van der Waals surface area contributed by atoms with Crippen LogP contribution in [0.2, 0.25) is 0 Å². The third-order valence-electron chi connectivity index (χ3n) is 2.93. The Kier molecular flexibility index (Phi) is 4.37. The maximum atomic E-state index is 12.9. The molecule has 4 nitrogen and oxygen atoms in total. The Hall–Kier alpha value is -1.62. The van der Waals surface area contributed by atoms with Crippen molar-refractivity contribution in [2.75, 3.05) is 19.8 Å². The van der Waals surface area contributed by atoms with E-state index in [1.54, 1.807) is 19.1 Å². The third-order valence-corrected chi connectivity index (χ3v) is 2.93. The second-order valence-corrected chi connectivity index (χ2v) is 4.41. The van der Waals surface area contributed by atoms with Crippen LogP contribution < -0.4 is 4.74 Å². The van der Waals surface area contributed by atoms with E-state index in [0.29, 0.717) is 38.4 Å². The van der Waals surface area contributed by atoms with Gasteiger partial charge in [-0.1, -0.05) is 6.07 Å². The zero-order valence-corrected chi connectivity index (χ0v) is 10.9. The highest BCUT2D eigenvalue weighted by Crippen LogP contribution is 2.33. The summed E-state index contributed by atoms with van der Waals surface area (Å²) in [6, 6.07) is 5.97. The second kappa shape index (κ2) is 6.02. The first kappa shape index (κ1) is 13.8. The van der Waals surface area contributed by atoms with Gasteiger partial charge in [0.05, 0.1) is 19.8 Å². The van der Waals surface area contributed by atoms with Gasteiger partial charge in [-0.3, -0.25) is 0 Å². The normalized spacial score (nSPS) is 20.9. The Balaban J connectivity index is 1.71. The number of esters is 1. The average molecular weight is 268 g/mol. The molecule has 0 radical (unpaired) electrons. The van der Waals surface area contributed by atoms with Crippen LogP contribution in [-0.2, 0) is 14.3 Å². The monoisotopic (exact) mass is 268 g/mol. The molecule has 0 saturated carbocycles. The number of benzene rings is 1. The van der Waals surface area contributed by atoms with Crippen molar-refractivity contribution in [3.8, 4) is 5.75 Å². The SMILES string of the molecule is CCOC(=O)C1(CCCOc2cccc(F)c2)CO1. The van der Waals surface area contributed by atoms with Crippen molar-refractivity contribution in [1.29, 1.82) is 0 Å². The van der Waals surface area contributed by atoms with Crippen LogP contribution in [0.1, 0.15) is 19.8 Å². The van der Waals surface area contributed by atoms with Crippen molar-refractivity contribution in [2.45, 2.75) is 25.4 Å². The van der Waals surface area contributed by atoms with E-state index < -0.39 is 5.60 Å². The molecule has 1 aromatic carbocycles. The van der Waals surface area contributed by atoms with E-state index in [0.717, 1.165) is 0 Å². The minimum atomic E-state index is -0.763. The van der Waals surface area contributed by atoms with Crippen molar-refractivity contribution < 1.29 is 23.4 Å². The van der Waals surface area contributed by atoms with Crippen molar-refractivity contribution in [3.05, 3.63) is 30.1 Å². The van der Waals surface area contributed by atoms with Crippen LogP contribution in [-0.4, -0.2) is 31.4 Å². The predicted octanol–water partition coefficient (Wildman–Crippen LogP) is 2.32. The van der Waals surface area contributed by atoms with E-state index in [4.69, 9.17) is 14.2 Å². The molecule has 0 aliphatic carbocycles. The molecule has 0 bridgehead atoms. The molecule has 1 saturated heterocycles. The molecule has 0 spiro atoms. The lowest BCUT2D eigenvalue weighted by molar-refractivity contribution is -0.149. The van der Waals surface area contributed by atoms with Crippen molar-refractivity contribution in [1.82, 2.24) is 0 Å². The predicted molar refractivity (Wildman–Crippen MR) is 66.4 cm³/mol. The summed E-state index contributed by atoms with van der Waals surface area (Å²) in [7, 11) is 0. The van der Waals surface area contributed by atoms with Gasteiger partial charge in [-0.25, -0.2) is 9.18 Å². The molecule has 19 heavy (non-hydrogen) atoms. The molecule has 104 valence electrons. The van der Waals surface area contributed by atoms with Gasteiger partial charge in [-0.05, 0) is 31.9 Å². The van der Waals surface area contributed by atoms with E-state index in [9.17, 15) is 9.18 Å². The van der Waals surface area contributed by atoms with Gasteiger partial charge >= 0.3 is 5.97 Å². The second-order valence-electron chi connectivity index (χ2n) is 4.41. The molecule has 5 heteroatoms. The maximum Gasteiger partial charge on any atom is 0.340 e. The van der Waals surface area contributed by atoms with E-state index in [-0.39, 0.29) is 11.8 Å². The van der Waals surface area contributed by atoms with Gasteiger partial charge in [-0.2, -0.15) is 0 Å². The molecule has 1 heterocycles. The largest absolute Gasteiger partial charge is 0.493 e. The molecule has 0 amide bonds. The number of hydrogen-bond acceptors (Lipinski definition) is 4. The van der Waals surface area contributed by atoms with E-state index >= 15 is 0 Å². The fraction of sp³-hybridized carbons (Fsp3) is 0.500. The van der Waals surface area contributed by atoms with Gasteiger partial charge in [0.2, 0.25) is 0 Å². The van der Waals surface area contributed by atoms with Crippen LogP contribution in [0.4, 0.5) is 4.39 Å². The number of carbonyl (C=O) groups is 1. The summed E-state index contributed by atoms with van der Waals surface area (Å²) in [5.74, 6) is -0.145. The number of epoxide rings is 1. The molecular formula is C14H17FO4. The average Bonchev–Trinajstić information content (AvgIpc) is 3.16. The first-order valence-corrected chi connectivity index (χ1v) is 6.36. The Morgan fingerprint density at radius 2 is 2.32 bits per heavy atom. The van der Waals surface area contributed by atoms with Crippen LogP contribution in [0, 0.1) is 5.82 Å². The Morgan fingerprint density at radius 3 is 2.95 bits per heavy atom. The van der Waals surface area contributed by atoms with Crippen LogP contribution in [0.25, 0.3) is 0 Å². The smallest absolute Gasteiger partial charge is 0.340 e. The van der Waals surface area contributed by atoms with Crippen molar-refractivity contribution in [3.63, 3.8) is 0 Å². The van der Waals surface area contributed by atoms with Gasteiger partial charge in [0.15, 0.2) is 5.60 Å². The topological polar surface area (TPSA) is 48.1 Å². The van der Waals surface area contributed by atoms with Crippen LogP contribution >= 0.6 is 0 Å². The summed E-state index contributed by atoms with van der Waals surface area (Å²) in [6.45, 7) is 2.94. The maximum absolute atomic E-state index is 12.9. The lowest BCUT2D eigenvalue weighted by Crippen LogP contribution is -2.27. The molecular weight excluding hydrogens is 251 g/mol. The first-order chi connectivity index (χ1) is 9.16. The molecule has 1 fully saturated rings. The Bertz CT molecular complexity index is 443. The van der Waals surface area contributed by atoms with Gasteiger partial charge in [-0.15, -0.1) is 0 Å². The van der Waals surface area contributed by atoms with Crippen molar-refractivity contribution in [2.24, 2.45) is 0 Å². The zero-order chi connectivity index (χ0) is 13.7. The Morgan fingerprint density at radius 1 is 1.53 bits per heavy atom. The fourth-order valence-electron chi connectivity index (χ4n) is 1.82. The lowest BCUT2D eigenvalue weighted by Gasteiger charge is -2.11. The van der Waals surface area contributed by atoms with Gasteiger partial charge in [0.1, 0.15) is 11.6 Å². The highest BCUT2D eigenvalue weighted by atomic mass is 19.1. The zero-order valence-electron chi connectivity index (χ0n) is 10.9. The highest BCUT2D eigenvalue weighted by molar-refractivity contribution is 5.82. The van der Waals surface area contributed by atoms with Crippen molar-refractivity contribution >= 4 is 5.97 Å². The summed E-state index contributed by atoms with van der Waals surface area (Å²) in [5.41, 5.74) is -0.763. The molecule has 1 atom stereocenters.